The van der Waals surface area contributed by atoms with Crippen LogP contribution in [0.4, 0.5) is 13.2 Å². The molecule has 1 aromatic rings. The molecular formula is C8H5F3N4O. The lowest BCUT2D eigenvalue weighted by Crippen LogP contribution is -2.07. The van der Waals surface area contributed by atoms with Gasteiger partial charge in [-0.15, -0.1) is 0 Å². The van der Waals surface area contributed by atoms with E-state index in [1.165, 1.54) is 0 Å². The Morgan fingerprint density at radius 3 is 2.94 bits per heavy atom. The third-order valence-electron chi connectivity index (χ3n) is 2.13. The Labute approximate surface area is 87.5 Å². The number of pyridine rings is 1. The summed E-state index contributed by atoms with van der Waals surface area (Å²) < 4.78 is 41.9. The van der Waals surface area contributed by atoms with Crippen LogP contribution in [-0.2, 0) is 6.18 Å². The van der Waals surface area contributed by atoms with Crippen LogP contribution < -0.4 is 4.74 Å². The second-order valence-corrected chi connectivity index (χ2v) is 3.14. The fourth-order valence-corrected chi connectivity index (χ4v) is 1.39. The molecule has 0 spiro atoms. The van der Waals surface area contributed by atoms with E-state index < -0.39 is 17.9 Å². The maximum atomic E-state index is 12.3. The molecule has 84 valence electrons. The van der Waals surface area contributed by atoms with Crippen molar-refractivity contribution >= 4 is 0 Å². The first kappa shape index (κ1) is 10.6. The van der Waals surface area contributed by atoms with E-state index in [1.54, 1.807) is 0 Å². The smallest absolute Gasteiger partial charge is 0.433 e. The van der Waals surface area contributed by atoms with Crippen molar-refractivity contribution in [3.05, 3.63) is 34.0 Å². The van der Waals surface area contributed by atoms with Gasteiger partial charge in [-0.3, -0.25) is 4.98 Å². The Kier molecular flexibility index (Phi) is 2.35. The van der Waals surface area contributed by atoms with Crippen molar-refractivity contribution < 1.29 is 17.9 Å². The van der Waals surface area contributed by atoms with Crippen LogP contribution in [0.15, 0.2) is 17.4 Å². The quantitative estimate of drug-likeness (QED) is 0.422. The minimum absolute atomic E-state index is 0.0440. The van der Waals surface area contributed by atoms with E-state index in [-0.39, 0.29) is 12.4 Å². The summed E-state index contributed by atoms with van der Waals surface area (Å²) >= 11 is 0. The minimum atomic E-state index is -4.50. The zero-order chi connectivity index (χ0) is 11.8. The van der Waals surface area contributed by atoms with E-state index in [0.29, 0.717) is 5.56 Å². The molecule has 1 atom stereocenters. The summed E-state index contributed by atoms with van der Waals surface area (Å²) in [6.45, 7) is 0.0440. The lowest BCUT2D eigenvalue weighted by Gasteiger charge is -2.06. The number of fused-ring (bicyclic) bond motifs is 1. The fourth-order valence-electron chi connectivity index (χ4n) is 1.39. The van der Waals surface area contributed by atoms with Crippen molar-refractivity contribution in [1.82, 2.24) is 4.98 Å². The van der Waals surface area contributed by atoms with Crippen LogP contribution in [0.2, 0.25) is 0 Å². The standard InChI is InChI=1S/C8H5F3N4O/c9-8(10,11)7-1-6-4(2-13-7)5(3-16-6)14-15-12/h1-2,5H,3H2. The maximum Gasteiger partial charge on any atom is 0.433 e. The molecule has 0 aromatic carbocycles. The topological polar surface area (TPSA) is 70.9 Å². The van der Waals surface area contributed by atoms with E-state index in [0.717, 1.165) is 12.3 Å². The molecule has 1 aromatic heterocycles. The van der Waals surface area contributed by atoms with E-state index in [1.807, 2.05) is 0 Å². The molecule has 0 radical (unpaired) electrons. The highest BCUT2D eigenvalue weighted by atomic mass is 19.4. The molecular weight excluding hydrogens is 225 g/mol. The number of hydrogen-bond acceptors (Lipinski definition) is 3. The van der Waals surface area contributed by atoms with Crippen molar-refractivity contribution in [1.29, 1.82) is 0 Å². The molecule has 1 aliphatic rings. The van der Waals surface area contributed by atoms with Crippen LogP contribution in [0.5, 0.6) is 5.75 Å². The number of alkyl halides is 3. The van der Waals surface area contributed by atoms with Crippen molar-refractivity contribution in [3.8, 4) is 5.75 Å². The lowest BCUT2D eigenvalue weighted by molar-refractivity contribution is -0.141. The van der Waals surface area contributed by atoms with Gasteiger partial charge in [0.25, 0.3) is 0 Å². The van der Waals surface area contributed by atoms with Crippen LogP contribution in [-0.4, -0.2) is 11.6 Å². The van der Waals surface area contributed by atoms with Gasteiger partial charge < -0.3 is 4.74 Å². The second kappa shape index (κ2) is 3.57. The molecule has 0 aliphatic carbocycles. The molecule has 1 aliphatic heterocycles. The van der Waals surface area contributed by atoms with E-state index in [9.17, 15) is 13.2 Å². The van der Waals surface area contributed by atoms with E-state index in [4.69, 9.17) is 10.3 Å². The predicted molar refractivity (Wildman–Crippen MR) is 46.6 cm³/mol. The highest BCUT2D eigenvalue weighted by Crippen LogP contribution is 2.38. The normalized spacial score (nSPS) is 18.6. The Balaban J connectivity index is 2.40. The molecule has 2 heterocycles. The van der Waals surface area contributed by atoms with Gasteiger partial charge in [-0.25, -0.2) is 0 Å². The fraction of sp³-hybridized carbons (Fsp3) is 0.375. The Morgan fingerprint density at radius 2 is 2.31 bits per heavy atom. The van der Waals surface area contributed by atoms with Crippen LogP contribution in [0.3, 0.4) is 0 Å². The number of hydrogen-bond donors (Lipinski definition) is 0. The van der Waals surface area contributed by atoms with Gasteiger partial charge in [-0.2, -0.15) is 13.2 Å². The maximum absolute atomic E-state index is 12.3. The Hall–Kier alpha value is -1.95. The van der Waals surface area contributed by atoms with Gasteiger partial charge in [-0.05, 0) is 5.53 Å². The number of halogens is 3. The SMILES string of the molecule is [N-]=[N+]=NC1COc2cc(C(F)(F)F)ncc21. The third-order valence-corrected chi connectivity index (χ3v) is 2.13. The summed E-state index contributed by atoms with van der Waals surface area (Å²) in [5.41, 5.74) is 7.60. The first-order valence-electron chi connectivity index (χ1n) is 4.26. The average Bonchev–Trinajstić information content (AvgIpc) is 2.60. The van der Waals surface area contributed by atoms with Gasteiger partial charge in [0, 0.05) is 22.7 Å². The van der Waals surface area contributed by atoms with Gasteiger partial charge in [-0.1, -0.05) is 5.11 Å². The monoisotopic (exact) mass is 230 g/mol. The Morgan fingerprint density at radius 1 is 1.56 bits per heavy atom. The summed E-state index contributed by atoms with van der Waals surface area (Å²) in [5.74, 6) is 0.0692. The van der Waals surface area contributed by atoms with Crippen LogP contribution >= 0.6 is 0 Å². The van der Waals surface area contributed by atoms with Crippen LogP contribution in [0, 0.1) is 0 Å². The average molecular weight is 230 g/mol. The van der Waals surface area contributed by atoms with Gasteiger partial charge >= 0.3 is 6.18 Å². The van der Waals surface area contributed by atoms with Gasteiger partial charge in [0.15, 0.2) is 0 Å². The van der Waals surface area contributed by atoms with Crippen molar-refractivity contribution in [2.24, 2.45) is 5.11 Å². The number of nitrogens with zero attached hydrogens (tertiary/aromatic N) is 4. The highest BCUT2D eigenvalue weighted by molar-refractivity contribution is 5.39. The molecule has 8 heteroatoms. The third kappa shape index (κ3) is 1.74. The highest BCUT2D eigenvalue weighted by Gasteiger charge is 2.35. The van der Waals surface area contributed by atoms with Gasteiger partial charge in [0.1, 0.15) is 24.1 Å². The zero-order valence-electron chi connectivity index (χ0n) is 7.77. The minimum Gasteiger partial charge on any atom is -0.492 e. The molecule has 0 saturated heterocycles. The van der Waals surface area contributed by atoms with Gasteiger partial charge in [0.2, 0.25) is 0 Å². The van der Waals surface area contributed by atoms with Crippen LogP contribution in [0.1, 0.15) is 17.3 Å². The van der Waals surface area contributed by atoms with E-state index >= 15 is 0 Å². The van der Waals surface area contributed by atoms with E-state index in [2.05, 4.69) is 15.0 Å². The molecule has 5 nitrogen and oxygen atoms in total. The molecule has 1 unspecified atom stereocenters. The summed E-state index contributed by atoms with van der Waals surface area (Å²) in [6, 6.07) is 0.206. The van der Waals surface area contributed by atoms with Crippen molar-refractivity contribution in [2.45, 2.75) is 12.2 Å². The molecule has 0 amide bonds. The number of ether oxygens (including phenoxy) is 1. The molecule has 16 heavy (non-hydrogen) atoms. The number of azide groups is 1. The first-order valence-corrected chi connectivity index (χ1v) is 4.26. The van der Waals surface area contributed by atoms with Crippen molar-refractivity contribution in [3.63, 3.8) is 0 Å². The lowest BCUT2D eigenvalue weighted by atomic mass is 10.1. The molecule has 0 bridgehead atoms. The zero-order valence-corrected chi connectivity index (χ0v) is 7.77. The molecule has 0 fully saturated rings. The summed E-state index contributed by atoms with van der Waals surface area (Å²) in [7, 11) is 0. The van der Waals surface area contributed by atoms with Crippen molar-refractivity contribution in [2.75, 3.05) is 6.61 Å². The summed E-state index contributed by atoms with van der Waals surface area (Å²) in [4.78, 5) is 5.85. The van der Waals surface area contributed by atoms with Crippen LogP contribution in [0.25, 0.3) is 10.4 Å². The first-order chi connectivity index (χ1) is 7.52. The number of rotatable bonds is 1. The summed E-state index contributed by atoms with van der Waals surface area (Å²) in [6.07, 6.45) is -3.47. The predicted octanol–water partition coefficient (Wildman–Crippen LogP) is 2.84. The second-order valence-electron chi connectivity index (χ2n) is 3.14. The molecule has 2 rings (SSSR count). The number of aromatic nitrogens is 1. The van der Waals surface area contributed by atoms with Gasteiger partial charge in [0.05, 0.1) is 0 Å². The Bertz CT molecular complexity index is 467. The summed E-state index contributed by atoms with van der Waals surface area (Å²) in [5, 5.41) is 3.39. The molecule has 0 saturated carbocycles. The molecule has 0 N–H and O–H groups in total. The largest absolute Gasteiger partial charge is 0.492 e.